The number of carboxylic acids is 1. The second-order valence-corrected chi connectivity index (χ2v) is 11.3. The van der Waals surface area contributed by atoms with Crippen LogP contribution in [0.4, 0.5) is 18.9 Å². The molecule has 3 heterocycles. The topological polar surface area (TPSA) is 84.7 Å². The number of imidazole rings is 1. The second kappa shape index (κ2) is 10.8. The Hall–Kier alpha value is -4.67. The first-order valence-corrected chi connectivity index (χ1v) is 14.3. The third-order valence-electron chi connectivity index (χ3n) is 8.21. The summed E-state index contributed by atoms with van der Waals surface area (Å²) in [5.41, 5.74) is 2.50. The third-order valence-corrected chi connectivity index (χ3v) is 8.44. The van der Waals surface area contributed by atoms with Gasteiger partial charge in [0, 0.05) is 29.2 Å². The fraction of sp³-hybridized carbons (Fsp3) is 0.182. The Morgan fingerprint density at radius 3 is 2.43 bits per heavy atom. The van der Waals surface area contributed by atoms with Crippen molar-refractivity contribution in [3.8, 4) is 11.1 Å². The number of amides is 1. The van der Waals surface area contributed by atoms with Gasteiger partial charge in [-0.1, -0.05) is 23.7 Å². The number of carbonyl (C=O) groups excluding carboxylic acids is 1. The van der Waals surface area contributed by atoms with E-state index in [0.717, 1.165) is 12.5 Å². The first kappa shape index (κ1) is 28.1. The van der Waals surface area contributed by atoms with Gasteiger partial charge in [0.15, 0.2) is 0 Å². The number of carboxylic acid groups (broad SMARTS) is 1. The number of aromatic carboxylic acids is 1. The van der Waals surface area contributed by atoms with Crippen LogP contribution in [0.15, 0.2) is 66.7 Å². The van der Waals surface area contributed by atoms with E-state index in [-0.39, 0.29) is 46.5 Å². The van der Waals surface area contributed by atoms with Crippen LogP contribution < -0.4 is 4.90 Å². The first-order valence-electron chi connectivity index (χ1n) is 13.9. The fourth-order valence-electron chi connectivity index (χ4n) is 5.86. The molecule has 4 aromatic carbocycles. The van der Waals surface area contributed by atoms with Gasteiger partial charge in [-0.2, -0.15) is 0 Å². The molecule has 0 saturated carbocycles. The van der Waals surface area contributed by atoms with Crippen molar-refractivity contribution >= 4 is 40.2 Å². The highest BCUT2D eigenvalue weighted by Gasteiger charge is 2.32. The third kappa shape index (κ3) is 4.80. The van der Waals surface area contributed by atoms with Gasteiger partial charge in [-0.25, -0.2) is 22.9 Å². The summed E-state index contributed by atoms with van der Waals surface area (Å²) in [6, 6.07) is 15.9. The highest BCUT2D eigenvalue weighted by Crippen LogP contribution is 2.38. The number of benzene rings is 4. The quantitative estimate of drug-likeness (QED) is 0.212. The van der Waals surface area contributed by atoms with E-state index in [1.807, 2.05) is 0 Å². The maximum absolute atomic E-state index is 15.7. The monoisotopic (exact) mass is 617 g/mol. The summed E-state index contributed by atoms with van der Waals surface area (Å²) in [5, 5.41) is 9.67. The number of hydrogen-bond acceptors (Lipinski definition) is 4. The highest BCUT2D eigenvalue weighted by atomic mass is 35.5. The number of aromatic nitrogens is 2. The van der Waals surface area contributed by atoms with Crippen LogP contribution in [0.2, 0.25) is 5.02 Å². The fourth-order valence-corrected chi connectivity index (χ4v) is 6.02. The van der Waals surface area contributed by atoms with Crippen molar-refractivity contribution in [2.24, 2.45) is 0 Å². The molecule has 7 nitrogen and oxygen atoms in total. The molecule has 2 aliphatic heterocycles. The number of ether oxygens (including phenoxy) is 1. The normalized spacial score (nSPS) is 16.0. The van der Waals surface area contributed by atoms with Crippen molar-refractivity contribution in [3.05, 3.63) is 117 Å². The minimum atomic E-state index is -1.09. The zero-order valence-corrected chi connectivity index (χ0v) is 23.7. The molecule has 2 aliphatic rings. The largest absolute Gasteiger partial charge is 0.478 e. The Bertz CT molecular complexity index is 1980. The van der Waals surface area contributed by atoms with Crippen LogP contribution in [0.5, 0.6) is 0 Å². The van der Waals surface area contributed by atoms with Crippen LogP contribution in [-0.2, 0) is 24.2 Å². The van der Waals surface area contributed by atoms with Crippen molar-refractivity contribution < 1.29 is 32.6 Å². The van der Waals surface area contributed by atoms with E-state index in [0.29, 0.717) is 46.7 Å². The predicted molar refractivity (Wildman–Crippen MR) is 158 cm³/mol. The lowest BCUT2D eigenvalue weighted by Gasteiger charge is -2.27. The molecule has 0 unspecified atom stereocenters. The molecular weight excluding hydrogens is 595 g/mol. The van der Waals surface area contributed by atoms with Gasteiger partial charge in [0.05, 0.1) is 41.5 Å². The summed E-state index contributed by atoms with van der Waals surface area (Å²) in [7, 11) is 0. The van der Waals surface area contributed by atoms with Crippen molar-refractivity contribution in [3.63, 3.8) is 0 Å². The molecule has 0 bridgehead atoms. The van der Waals surface area contributed by atoms with Gasteiger partial charge in [0.1, 0.15) is 23.3 Å². The molecule has 1 atom stereocenters. The first-order chi connectivity index (χ1) is 21.2. The van der Waals surface area contributed by atoms with Crippen LogP contribution in [-0.4, -0.2) is 39.2 Å². The van der Waals surface area contributed by atoms with E-state index in [9.17, 15) is 19.1 Å². The summed E-state index contributed by atoms with van der Waals surface area (Å²) in [6.07, 6.45) is 0.512. The Labute approximate surface area is 254 Å². The van der Waals surface area contributed by atoms with Gasteiger partial charge in [-0.05, 0) is 77.7 Å². The summed E-state index contributed by atoms with van der Waals surface area (Å²) in [6.45, 7) is 0.990. The zero-order chi connectivity index (χ0) is 30.7. The van der Waals surface area contributed by atoms with Gasteiger partial charge in [-0.15, -0.1) is 0 Å². The van der Waals surface area contributed by atoms with Gasteiger partial charge >= 0.3 is 5.97 Å². The molecule has 44 heavy (non-hydrogen) atoms. The van der Waals surface area contributed by atoms with E-state index >= 15 is 8.78 Å². The Kier molecular flexibility index (Phi) is 6.90. The van der Waals surface area contributed by atoms with Gasteiger partial charge in [-0.3, -0.25) is 4.79 Å². The van der Waals surface area contributed by atoms with Crippen molar-refractivity contribution in [2.75, 3.05) is 11.5 Å². The number of rotatable bonds is 7. The number of nitrogens with zero attached hydrogens (tertiary/aromatic N) is 3. The van der Waals surface area contributed by atoms with Gasteiger partial charge in [0.2, 0.25) is 0 Å². The molecule has 1 saturated heterocycles. The molecule has 1 amide bonds. The molecule has 0 radical (unpaired) electrons. The number of anilines is 1. The maximum atomic E-state index is 15.7. The minimum absolute atomic E-state index is 0.0134. The number of halogens is 4. The SMILES string of the molecule is O=C(O)c1ccc2nc(Cc3c(F)cc(-c4cccc5c4CN(c4ccc(Cl)cc4F)C5=O)cc3F)n(C[C@@H]3CCO3)c2c1. The van der Waals surface area contributed by atoms with Crippen molar-refractivity contribution in [1.29, 1.82) is 0 Å². The average Bonchev–Trinajstić information content (AvgIpc) is 3.48. The molecule has 0 spiro atoms. The van der Waals surface area contributed by atoms with Crippen LogP contribution in [0, 0.1) is 17.5 Å². The summed E-state index contributed by atoms with van der Waals surface area (Å²) in [4.78, 5) is 30.7. The van der Waals surface area contributed by atoms with E-state index in [4.69, 9.17) is 16.3 Å². The molecule has 1 fully saturated rings. The average molecular weight is 618 g/mol. The predicted octanol–water partition coefficient (Wildman–Crippen LogP) is 7.01. The molecule has 11 heteroatoms. The summed E-state index contributed by atoms with van der Waals surface area (Å²) >= 11 is 5.88. The molecule has 1 N–H and O–H groups in total. The number of carbonyl (C=O) groups is 2. The van der Waals surface area contributed by atoms with Gasteiger partial charge in [0.25, 0.3) is 5.91 Å². The van der Waals surface area contributed by atoms with E-state index in [1.165, 1.54) is 41.3 Å². The molecule has 5 aromatic rings. The van der Waals surface area contributed by atoms with Crippen LogP contribution >= 0.6 is 11.6 Å². The number of hydrogen-bond donors (Lipinski definition) is 1. The lowest BCUT2D eigenvalue weighted by molar-refractivity contribution is -0.0589. The molecule has 0 aliphatic carbocycles. The van der Waals surface area contributed by atoms with Crippen LogP contribution in [0.3, 0.4) is 0 Å². The number of fused-ring (bicyclic) bond motifs is 2. The Morgan fingerprint density at radius 1 is 1.00 bits per heavy atom. The second-order valence-electron chi connectivity index (χ2n) is 10.8. The summed E-state index contributed by atoms with van der Waals surface area (Å²) < 4.78 is 53.5. The highest BCUT2D eigenvalue weighted by molar-refractivity contribution is 6.30. The lowest BCUT2D eigenvalue weighted by atomic mass is 9.95. The standard InChI is InChI=1S/C33H23ClF3N3O4/c34-19-5-7-29(27(37)13-19)40-16-24-21(2-1-3-22(24)32(40)41)18-10-25(35)23(26(36)11-18)14-31-38-28-6-4-17(33(42)43)12-30(28)39(31)15-20-8-9-44-20/h1-7,10-13,20H,8-9,14-16H2,(H,42,43)/t20-/m0/s1. The van der Waals surface area contributed by atoms with Gasteiger partial charge < -0.3 is 19.3 Å². The lowest BCUT2D eigenvalue weighted by Crippen LogP contribution is -2.31. The Morgan fingerprint density at radius 2 is 1.75 bits per heavy atom. The minimum Gasteiger partial charge on any atom is -0.478 e. The van der Waals surface area contributed by atoms with E-state index in [2.05, 4.69) is 4.98 Å². The van der Waals surface area contributed by atoms with Crippen molar-refractivity contribution in [1.82, 2.24) is 9.55 Å². The molecule has 7 rings (SSSR count). The zero-order valence-electron chi connectivity index (χ0n) is 23.0. The molecular formula is C33H23ClF3N3O4. The van der Waals surface area contributed by atoms with E-state index in [1.54, 1.807) is 28.8 Å². The maximum Gasteiger partial charge on any atom is 0.335 e. The Balaban J connectivity index is 1.24. The molecule has 222 valence electrons. The van der Waals surface area contributed by atoms with Crippen molar-refractivity contribution in [2.45, 2.75) is 32.0 Å². The smallest absolute Gasteiger partial charge is 0.335 e. The van der Waals surface area contributed by atoms with E-state index < -0.39 is 29.3 Å². The van der Waals surface area contributed by atoms with Crippen LogP contribution in [0.1, 0.15) is 44.1 Å². The summed E-state index contributed by atoms with van der Waals surface area (Å²) in [5.74, 6) is -3.41. The molecule has 1 aromatic heterocycles. The van der Waals surface area contributed by atoms with Crippen LogP contribution in [0.25, 0.3) is 22.2 Å².